The Morgan fingerprint density at radius 3 is 0.704 bits per heavy atom. The summed E-state index contributed by atoms with van der Waals surface area (Å²) in [5.41, 5.74) is 1.52. The van der Waals surface area contributed by atoms with Crippen molar-refractivity contribution < 1.29 is 0 Å². The molecule has 0 aliphatic heterocycles. The fourth-order valence-corrected chi connectivity index (χ4v) is 5.41. The highest BCUT2D eigenvalue weighted by Gasteiger charge is 2.42. The molecule has 0 spiro atoms. The standard InChI is InChI=1S/C10H18.2C8H16.CH4/c1-9-3-6-10(2,7-4-9)8-5-9;2*1-7-3-5-8(2)6-4-7;/h3-8H2,1-2H3;2*7-8H,3-6H2,1-2H3;1H4. The Bertz CT molecular complexity index is 296. The molecule has 5 rings (SSSR count). The van der Waals surface area contributed by atoms with Crippen molar-refractivity contribution in [3.05, 3.63) is 0 Å². The third kappa shape index (κ3) is 8.91. The molecule has 0 nitrogen and oxygen atoms in total. The quantitative estimate of drug-likeness (QED) is 0.393. The summed E-state index contributed by atoms with van der Waals surface area (Å²) in [6.07, 6.45) is 20.8. The number of hydrogen-bond donors (Lipinski definition) is 0. The van der Waals surface area contributed by atoms with Gasteiger partial charge in [-0.05, 0) is 73.0 Å². The topological polar surface area (TPSA) is 0 Å². The minimum Gasteiger partial charge on any atom is -0.0776 e. The van der Waals surface area contributed by atoms with E-state index < -0.39 is 0 Å². The normalized spacial score (nSPS) is 43.3. The van der Waals surface area contributed by atoms with Gasteiger partial charge in [0.15, 0.2) is 0 Å². The zero-order valence-corrected chi connectivity index (χ0v) is 19.2. The van der Waals surface area contributed by atoms with Crippen LogP contribution in [0.2, 0.25) is 0 Å². The molecular weight excluding hydrogens is 324 g/mol. The SMILES string of the molecule is C.CC12CCC(C)(CC1)CC2.CC1CCC(C)CC1.CC1CCC(C)CC1. The van der Waals surface area contributed by atoms with E-state index in [9.17, 15) is 0 Å². The molecule has 0 aromatic heterocycles. The third-order valence-corrected chi connectivity index (χ3v) is 8.61. The maximum absolute atomic E-state index is 2.48. The molecule has 0 heterocycles. The molecule has 5 saturated carbocycles. The first-order valence-corrected chi connectivity index (χ1v) is 12.2. The third-order valence-electron chi connectivity index (χ3n) is 8.61. The van der Waals surface area contributed by atoms with E-state index in [2.05, 4.69) is 41.5 Å². The number of fused-ring (bicyclic) bond motifs is 3. The average molecular weight is 379 g/mol. The molecule has 0 radical (unpaired) electrons. The lowest BCUT2D eigenvalue weighted by atomic mass is 9.55. The van der Waals surface area contributed by atoms with Gasteiger partial charge in [-0.2, -0.15) is 0 Å². The smallest absolute Gasteiger partial charge is 0.0325 e. The molecule has 5 fully saturated rings. The lowest BCUT2D eigenvalue weighted by Gasteiger charge is -2.50. The second kappa shape index (κ2) is 11.3. The molecule has 0 N–H and O–H groups in total. The summed E-state index contributed by atoms with van der Waals surface area (Å²) in [5, 5.41) is 0. The van der Waals surface area contributed by atoms with Gasteiger partial charge in [0, 0.05) is 0 Å². The van der Waals surface area contributed by atoms with Crippen LogP contribution >= 0.6 is 0 Å². The van der Waals surface area contributed by atoms with E-state index in [1.165, 1.54) is 89.9 Å². The van der Waals surface area contributed by atoms with E-state index in [1.807, 2.05) is 0 Å². The Morgan fingerprint density at radius 1 is 0.407 bits per heavy atom. The Kier molecular flexibility index (Phi) is 10.4. The average Bonchev–Trinajstić information content (AvgIpc) is 2.63. The number of rotatable bonds is 0. The van der Waals surface area contributed by atoms with Crippen LogP contribution in [0.1, 0.15) is 139 Å². The van der Waals surface area contributed by atoms with E-state index in [4.69, 9.17) is 0 Å². The minimum absolute atomic E-state index is 0. The van der Waals surface area contributed by atoms with E-state index in [0.29, 0.717) is 0 Å². The van der Waals surface area contributed by atoms with Crippen LogP contribution in [0.25, 0.3) is 0 Å². The molecule has 5 aliphatic rings. The second-order valence-corrected chi connectivity index (χ2v) is 11.9. The van der Waals surface area contributed by atoms with Gasteiger partial charge in [0.25, 0.3) is 0 Å². The molecule has 0 atom stereocenters. The van der Waals surface area contributed by atoms with Gasteiger partial charge in [0.05, 0.1) is 0 Å². The Morgan fingerprint density at radius 2 is 0.556 bits per heavy atom. The maximum atomic E-state index is 2.48. The van der Waals surface area contributed by atoms with Gasteiger partial charge in [0.1, 0.15) is 0 Å². The van der Waals surface area contributed by atoms with Crippen LogP contribution < -0.4 is 0 Å². The summed E-state index contributed by atoms with van der Waals surface area (Å²) < 4.78 is 0. The molecule has 0 amide bonds. The molecule has 0 aromatic carbocycles. The van der Waals surface area contributed by atoms with Crippen molar-refractivity contribution in [2.75, 3.05) is 0 Å². The van der Waals surface area contributed by atoms with E-state index >= 15 is 0 Å². The van der Waals surface area contributed by atoms with Gasteiger partial charge in [0.2, 0.25) is 0 Å². The number of hydrogen-bond acceptors (Lipinski definition) is 0. The maximum Gasteiger partial charge on any atom is -0.0325 e. The van der Waals surface area contributed by atoms with Crippen molar-refractivity contribution in [3.8, 4) is 0 Å². The van der Waals surface area contributed by atoms with Crippen LogP contribution in [0.3, 0.4) is 0 Å². The predicted molar refractivity (Wildman–Crippen MR) is 124 cm³/mol. The molecule has 5 aliphatic carbocycles. The molecule has 0 aromatic rings. The highest BCUT2D eigenvalue weighted by molar-refractivity contribution is 4.94. The van der Waals surface area contributed by atoms with Gasteiger partial charge in [-0.15, -0.1) is 0 Å². The summed E-state index contributed by atoms with van der Waals surface area (Å²) in [6.45, 7) is 14.4. The lowest BCUT2D eigenvalue weighted by molar-refractivity contribution is 0.0164. The van der Waals surface area contributed by atoms with Gasteiger partial charge in [-0.25, -0.2) is 0 Å². The van der Waals surface area contributed by atoms with E-state index in [0.717, 1.165) is 34.5 Å². The van der Waals surface area contributed by atoms with Crippen molar-refractivity contribution in [3.63, 3.8) is 0 Å². The predicted octanol–water partition coefficient (Wildman–Crippen LogP) is 9.67. The first kappa shape index (κ1) is 25.0. The van der Waals surface area contributed by atoms with Crippen molar-refractivity contribution in [2.24, 2.45) is 34.5 Å². The van der Waals surface area contributed by atoms with Crippen LogP contribution in [-0.4, -0.2) is 0 Å². The fraction of sp³-hybridized carbons (Fsp3) is 1.00. The van der Waals surface area contributed by atoms with Crippen molar-refractivity contribution in [1.29, 1.82) is 0 Å². The molecule has 0 saturated heterocycles. The largest absolute Gasteiger partial charge is 0.0776 e. The highest BCUT2D eigenvalue weighted by Crippen LogP contribution is 2.56. The first-order chi connectivity index (χ1) is 12.2. The zero-order chi connectivity index (χ0) is 19.2. The molecule has 27 heavy (non-hydrogen) atoms. The zero-order valence-electron chi connectivity index (χ0n) is 19.2. The summed E-state index contributed by atoms with van der Waals surface area (Å²) >= 11 is 0. The van der Waals surface area contributed by atoms with Crippen LogP contribution in [0, 0.1) is 34.5 Å². The Hall–Kier alpha value is 0. The molecule has 0 unspecified atom stereocenters. The molecule has 0 heteroatoms. The van der Waals surface area contributed by atoms with Crippen LogP contribution in [0.4, 0.5) is 0 Å². The van der Waals surface area contributed by atoms with Gasteiger partial charge in [-0.3, -0.25) is 0 Å². The van der Waals surface area contributed by atoms with E-state index in [1.54, 1.807) is 0 Å². The van der Waals surface area contributed by atoms with Gasteiger partial charge in [-0.1, -0.05) is 100 Å². The van der Waals surface area contributed by atoms with Crippen molar-refractivity contribution >= 4 is 0 Å². The van der Waals surface area contributed by atoms with Gasteiger partial charge < -0.3 is 0 Å². The summed E-state index contributed by atoms with van der Waals surface area (Å²) in [6, 6.07) is 0. The summed E-state index contributed by atoms with van der Waals surface area (Å²) in [5.74, 6) is 4.08. The second-order valence-electron chi connectivity index (χ2n) is 11.9. The molecule has 2 bridgehead atoms. The fourth-order valence-electron chi connectivity index (χ4n) is 5.41. The minimum atomic E-state index is 0. The lowest BCUT2D eigenvalue weighted by Crippen LogP contribution is -2.37. The summed E-state index contributed by atoms with van der Waals surface area (Å²) in [7, 11) is 0. The molecular formula is C27H54. The summed E-state index contributed by atoms with van der Waals surface area (Å²) in [4.78, 5) is 0. The van der Waals surface area contributed by atoms with Gasteiger partial charge >= 0.3 is 0 Å². The molecule has 162 valence electrons. The Balaban J connectivity index is 0.000000201. The van der Waals surface area contributed by atoms with Crippen molar-refractivity contribution in [1.82, 2.24) is 0 Å². The van der Waals surface area contributed by atoms with E-state index in [-0.39, 0.29) is 7.43 Å². The Labute approximate surface area is 173 Å². The van der Waals surface area contributed by atoms with Crippen LogP contribution in [0.5, 0.6) is 0 Å². The van der Waals surface area contributed by atoms with Crippen molar-refractivity contribution in [2.45, 2.75) is 139 Å². The van der Waals surface area contributed by atoms with Crippen LogP contribution in [0.15, 0.2) is 0 Å². The highest BCUT2D eigenvalue weighted by atomic mass is 14.5. The first-order valence-electron chi connectivity index (χ1n) is 12.2. The van der Waals surface area contributed by atoms with Crippen LogP contribution in [-0.2, 0) is 0 Å². The monoisotopic (exact) mass is 378 g/mol.